The predicted octanol–water partition coefficient (Wildman–Crippen LogP) is 9.87. The number of aromatic nitrogens is 1. The number of hydrogen-bond donors (Lipinski definition) is 1. The van der Waals surface area contributed by atoms with E-state index in [4.69, 9.17) is 14.1 Å². The van der Waals surface area contributed by atoms with Crippen LogP contribution in [0.2, 0.25) is 0 Å². The normalized spacial score (nSPS) is 14.1. The Hall–Kier alpha value is -2.75. The van der Waals surface area contributed by atoms with Crippen LogP contribution in [0, 0.1) is 0 Å². The third-order valence-electron chi connectivity index (χ3n) is 6.95. The lowest BCUT2D eigenvalue weighted by Gasteiger charge is -2.08. The molecule has 0 spiro atoms. The molecule has 35 heavy (non-hydrogen) atoms. The van der Waals surface area contributed by atoms with Gasteiger partial charge in [0.1, 0.15) is 5.52 Å². The fourth-order valence-electron chi connectivity index (χ4n) is 4.87. The zero-order valence-electron chi connectivity index (χ0n) is 21.5. The van der Waals surface area contributed by atoms with Crippen molar-refractivity contribution in [1.82, 2.24) is 4.98 Å². The van der Waals surface area contributed by atoms with Crippen molar-refractivity contribution in [2.24, 2.45) is 0 Å². The number of anilines is 1. The number of ether oxygens (including phenoxy) is 1. The van der Waals surface area contributed by atoms with Crippen molar-refractivity contribution in [3.63, 3.8) is 0 Å². The van der Waals surface area contributed by atoms with Gasteiger partial charge in [-0.25, -0.2) is 4.98 Å². The maximum atomic E-state index is 6.16. The number of oxazole rings is 1. The first-order valence-electron chi connectivity index (χ1n) is 14.0. The molecule has 4 heteroatoms. The second-order valence-corrected chi connectivity index (χ2v) is 9.86. The summed E-state index contributed by atoms with van der Waals surface area (Å²) in [5.74, 6) is 2.28. The van der Waals surface area contributed by atoms with Crippen LogP contribution in [-0.4, -0.2) is 4.98 Å². The molecule has 0 fully saturated rings. The highest BCUT2D eigenvalue weighted by molar-refractivity contribution is 5.78. The number of hydrogen-bond acceptors (Lipinski definition) is 4. The third kappa shape index (κ3) is 7.62. The summed E-state index contributed by atoms with van der Waals surface area (Å²) in [6, 6.07) is 16.0. The molecule has 0 bridgehead atoms. The van der Waals surface area contributed by atoms with Crippen LogP contribution in [0.1, 0.15) is 109 Å². The van der Waals surface area contributed by atoms with Gasteiger partial charge in [-0.15, -0.1) is 0 Å². The molecule has 4 nitrogen and oxygen atoms in total. The molecule has 2 heterocycles. The van der Waals surface area contributed by atoms with Crippen LogP contribution in [0.5, 0.6) is 5.75 Å². The molecule has 0 radical (unpaired) electrons. The summed E-state index contributed by atoms with van der Waals surface area (Å²) in [5, 5.41) is 3.43. The van der Waals surface area contributed by atoms with E-state index in [2.05, 4.69) is 12.2 Å². The summed E-state index contributed by atoms with van der Waals surface area (Å²) in [4.78, 5) is 4.76. The molecule has 1 aliphatic heterocycles. The Morgan fingerprint density at radius 1 is 0.714 bits per heavy atom. The molecule has 1 N–H and O–H groups in total. The van der Waals surface area contributed by atoms with Crippen molar-refractivity contribution in [2.45, 2.75) is 103 Å². The van der Waals surface area contributed by atoms with Gasteiger partial charge in [0.15, 0.2) is 11.3 Å². The van der Waals surface area contributed by atoms with Gasteiger partial charge in [0.2, 0.25) is 11.8 Å². The lowest BCUT2D eigenvalue weighted by Crippen LogP contribution is -2.03. The zero-order chi connectivity index (χ0) is 24.1. The van der Waals surface area contributed by atoms with Gasteiger partial charge < -0.3 is 14.5 Å². The molecule has 0 amide bonds. The fraction of sp³-hybridized carbons (Fsp3) is 0.516. The molecule has 1 aromatic heterocycles. The second kappa shape index (κ2) is 14.0. The molecular weight excluding hydrogens is 432 g/mol. The number of para-hydroxylation sites is 4. The highest BCUT2D eigenvalue weighted by Gasteiger charge is 2.23. The lowest BCUT2D eigenvalue weighted by molar-refractivity contribution is 0.452. The van der Waals surface area contributed by atoms with Gasteiger partial charge in [0.05, 0.1) is 11.3 Å². The molecule has 0 saturated heterocycles. The number of rotatable bonds is 16. The van der Waals surface area contributed by atoms with E-state index >= 15 is 0 Å². The van der Waals surface area contributed by atoms with E-state index in [1.807, 2.05) is 48.5 Å². The molecule has 0 saturated carbocycles. The number of fused-ring (bicyclic) bond motifs is 2. The van der Waals surface area contributed by atoms with Crippen molar-refractivity contribution in [3.8, 4) is 5.75 Å². The molecule has 1 aliphatic rings. The standard InChI is InChI=1S/C31H42N2O2/c1-2-3-4-5-6-7-8-9-10-11-12-13-14-15-20-25(30-32-26-21-16-18-23-28(26)34-30)31-33-27-22-17-19-24-29(27)35-31/h16-19,21-24,32H,2-15,20H2,1H3. The van der Waals surface area contributed by atoms with E-state index in [1.165, 1.54) is 83.5 Å². The van der Waals surface area contributed by atoms with Crippen LogP contribution < -0.4 is 10.1 Å². The summed E-state index contributed by atoms with van der Waals surface area (Å²) < 4.78 is 12.3. The van der Waals surface area contributed by atoms with Crippen LogP contribution in [0.3, 0.4) is 0 Å². The molecule has 0 aliphatic carbocycles. The first-order valence-corrected chi connectivity index (χ1v) is 14.0. The van der Waals surface area contributed by atoms with Gasteiger partial charge in [-0.3, -0.25) is 0 Å². The minimum atomic E-state index is 0.663. The van der Waals surface area contributed by atoms with Gasteiger partial charge in [0.25, 0.3) is 0 Å². The topological polar surface area (TPSA) is 47.3 Å². The van der Waals surface area contributed by atoms with Gasteiger partial charge in [-0.05, 0) is 37.1 Å². The van der Waals surface area contributed by atoms with Crippen LogP contribution in [0.4, 0.5) is 5.69 Å². The van der Waals surface area contributed by atoms with Gasteiger partial charge in [-0.2, -0.15) is 0 Å². The quantitative estimate of drug-likeness (QED) is 0.210. The largest absolute Gasteiger partial charge is 0.438 e. The number of allylic oxidation sites excluding steroid dienone is 1. The van der Waals surface area contributed by atoms with E-state index in [-0.39, 0.29) is 0 Å². The Kier molecular flexibility index (Phi) is 10.1. The smallest absolute Gasteiger partial charge is 0.228 e. The van der Waals surface area contributed by atoms with Gasteiger partial charge >= 0.3 is 0 Å². The maximum absolute atomic E-state index is 6.16. The SMILES string of the molecule is CCCCCCCCCCCCCCCCC(=C1Nc2ccccc2O1)c1nc2ccccc2o1. The van der Waals surface area contributed by atoms with Crippen molar-refractivity contribution >= 4 is 22.4 Å². The minimum Gasteiger partial charge on any atom is -0.438 e. The Morgan fingerprint density at radius 3 is 1.97 bits per heavy atom. The first kappa shape index (κ1) is 25.3. The Balaban J connectivity index is 1.20. The van der Waals surface area contributed by atoms with E-state index in [1.54, 1.807) is 0 Å². The summed E-state index contributed by atoms with van der Waals surface area (Å²) in [7, 11) is 0. The van der Waals surface area contributed by atoms with Gasteiger partial charge in [0, 0.05) is 0 Å². The van der Waals surface area contributed by atoms with Crippen molar-refractivity contribution in [2.75, 3.05) is 5.32 Å². The molecule has 2 aromatic carbocycles. The molecule has 188 valence electrons. The van der Waals surface area contributed by atoms with Crippen molar-refractivity contribution in [3.05, 3.63) is 60.3 Å². The van der Waals surface area contributed by atoms with Gasteiger partial charge in [-0.1, -0.05) is 115 Å². The first-order chi connectivity index (χ1) is 17.3. The molecule has 4 rings (SSSR count). The second-order valence-electron chi connectivity index (χ2n) is 9.86. The number of unbranched alkanes of at least 4 members (excludes halogenated alkanes) is 13. The van der Waals surface area contributed by atoms with Crippen LogP contribution >= 0.6 is 0 Å². The molecule has 0 unspecified atom stereocenters. The van der Waals surface area contributed by atoms with Crippen molar-refractivity contribution in [1.29, 1.82) is 0 Å². The maximum Gasteiger partial charge on any atom is 0.228 e. The minimum absolute atomic E-state index is 0.663. The number of nitrogens with one attached hydrogen (secondary N) is 1. The van der Waals surface area contributed by atoms with Crippen LogP contribution in [0.15, 0.2) is 58.8 Å². The zero-order valence-corrected chi connectivity index (χ0v) is 21.5. The Morgan fingerprint density at radius 2 is 1.31 bits per heavy atom. The number of benzene rings is 2. The average Bonchev–Trinajstić information content (AvgIpc) is 3.50. The van der Waals surface area contributed by atoms with E-state index < -0.39 is 0 Å². The molecule has 0 atom stereocenters. The highest BCUT2D eigenvalue weighted by Crippen LogP contribution is 2.37. The summed E-state index contributed by atoms with van der Waals surface area (Å²) in [6.07, 6.45) is 19.9. The average molecular weight is 475 g/mol. The number of nitrogens with zero attached hydrogens (tertiary/aromatic N) is 1. The Bertz CT molecular complexity index is 1010. The van der Waals surface area contributed by atoms with Crippen LogP contribution in [-0.2, 0) is 0 Å². The molecular formula is C31H42N2O2. The highest BCUT2D eigenvalue weighted by atomic mass is 16.5. The van der Waals surface area contributed by atoms with Crippen molar-refractivity contribution < 1.29 is 9.15 Å². The Labute approximate surface area is 211 Å². The summed E-state index contributed by atoms with van der Waals surface area (Å²) in [5.41, 5.74) is 3.72. The fourth-order valence-corrected chi connectivity index (χ4v) is 4.87. The molecule has 3 aromatic rings. The summed E-state index contributed by atoms with van der Waals surface area (Å²) >= 11 is 0. The van der Waals surface area contributed by atoms with E-state index in [0.717, 1.165) is 46.8 Å². The van der Waals surface area contributed by atoms with Crippen LogP contribution in [0.25, 0.3) is 16.7 Å². The van der Waals surface area contributed by atoms with E-state index in [9.17, 15) is 0 Å². The lowest BCUT2D eigenvalue weighted by atomic mass is 10.0. The monoisotopic (exact) mass is 474 g/mol. The van der Waals surface area contributed by atoms with E-state index in [0.29, 0.717) is 5.89 Å². The third-order valence-corrected chi connectivity index (χ3v) is 6.95. The summed E-state index contributed by atoms with van der Waals surface area (Å²) in [6.45, 7) is 2.29. The predicted molar refractivity (Wildman–Crippen MR) is 147 cm³/mol.